The van der Waals surface area contributed by atoms with Crippen molar-refractivity contribution in [1.82, 2.24) is 0 Å². The van der Waals surface area contributed by atoms with E-state index in [0.29, 0.717) is 6.10 Å². The van der Waals surface area contributed by atoms with Gasteiger partial charge in [0.05, 0.1) is 11.6 Å². The summed E-state index contributed by atoms with van der Waals surface area (Å²) >= 11 is 0. The fraction of sp³-hybridized carbons (Fsp3) is 0.875. The zero-order valence-corrected chi connectivity index (χ0v) is 7.14. The molecule has 0 radical (unpaired) electrons. The molecule has 0 aromatic rings. The van der Waals surface area contributed by atoms with Gasteiger partial charge in [-0.3, -0.25) is 0 Å². The zero-order valence-electron chi connectivity index (χ0n) is 7.14. The number of rotatable bonds is 0. The lowest BCUT2D eigenvalue weighted by atomic mass is 9.97. The van der Waals surface area contributed by atoms with Crippen LogP contribution in [0.5, 0.6) is 0 Å². The van der Waals surface area contributed by atoms with Crippen LogP contribution in [-0.2, 0) is 4.74 Å². The highest BCUT2D eigenvalue weighted by molar-refractivity contribution is 5.74. The van der Waals surface area contributed by atoms with Gasteiger partial charge in [-0.05, 0) is 20.8 Å². The van der Waals surface area contributed by atoms with Crippen molar-refractivity contribution in [3.63, 3.8) is 0 Å². The molecule has 1 aliphatic heterocycles. The standard InChI is InChI=1S/C8H15NO/c1-6-5-8(3,4)9-7(2)10-6/h6H,5H2,1-4H3. The van der Waals surface area contributed by atoms with Crippen LogP contribution in [0.4, 0.5) is 0 Å². The molecule has 0 aromatic carbocycles. The molecule has 0 saturated carbocycles. The summed E-state index contributed by atoms with van der Waals surface area (Å²) in [5.74, 6) is 0.823. The third-order valence-electron chi connectivity index (χ3n) is 1.62. The maximum absolute atomic E-state index is 5.37. The van der Waals surface area contributed by atoms with E-state index in [4.69, 9.17) is 4.74 Å². The van der Waals surface area contributed by atoms with Crippen LogP contribution in [0, 0.1) is 0 Å². The number of aliphatic imine (C=N–C) groups is 1. The van der Waals surface area contributed by atoms with E-state index >= 15 is 0 Å². The third-order valence-corrected chi connectivity index (χ3v) is 1.62. The normalized spacial score (nSPS) is 30.8. The fourth-order valence-corrected chi connectivity index (χ4v) is 1.53. The second kappa shape index (κ2) is 2.26. The van der Waals surface area contributed by atoms with E-state index < -0.39 is 0 Å². The lowest BCUT2D eigenvalue weighted by Crippen LogP contribution is -2.32. The average Bonchev–Trinajstić information content (AvgIpc) is 1.54. The predicted molar refractivity (Wildman–Crippen MR) is 42.4 cm³/mol. The van der Waals surface area contributed by atoms with Crippen LogP contribution >= 0.6 is 0 Å². The highest BCUT2D eigenvalue weighted by Gasteiger charge is 2.25. The van der Waals surface area contributed by atoms with Gasteiger partial charge >= 0.3 is 0 Å². The third kappa shape index (κ3) is 1.72. The summed E-state index contributed by atoms with van der Waals surface area (Å²) in [4.78, 5) is 4.36. The maximum Gasteiger partial charge on any atom is 0.180 e. The summed E-state index contributed by atoms with van der Waals surface area (Å²) in [5.41, 5.74) is 0.0851. The Morgan fingerprint density at radius 2 is 2.20 bits per heavy atom. The molecule has 0 spiro atoms. The van der Waals surface area contributed by atoms with E-state index in [9.17, 15) is 0 Å². The second-order valence-corrected chi connectivity index (χ2v) is 3.58. The Hall–Kier alpha value is -0.530. The minimum absolute atomic E-state index is 0.0851. The Labute approximate surface area is 62.3 Å². The Morgan fingerprint density at radius 3 is 2.60 bits per heavy atom. The van der Waals surface area contributed by atoms with Crippen molar-refractivity contribution in [2.24, 2.45) is 4.99 Å². The molecular formula is C8H15NO. The molecule has 0 amide bonds. The quantitative estimate of drug-likeness (QED) is 0.505. The summed E-state index contributed by atoms with van der Waals surface area (Å²) in [6.45, 7) is 8.27. The highest BCUT2D eigenvalue weighted by atomic mass is 16.5. The lowest BCUT2D eigenvalue weighted by molar-refractivity contribution is 0.143. The van der Waals surface area contributed by atoms with Crippen molar-refractivity contribution in [2.45, 2.75) is 45.8 Å². The van der Waals surface area contributed by atoms with E-state index in [1.807, 2.05) is 6.92 Å². The van der Waals surface area contributed by atoms with Gasteiger partial charge in [-0.25, -0.2) is 4.99 Å². The van der Waals surface area contributed by atoms with Crippen LogP contribution in [0.2, 0.25) is 0 Å². The van der Waals surface area contributed by atoms with E-state index in [1.165, 1.54) is 0 Å². The molecule has 1 heterocycles. The second-order valence-electron chi connectivity index (χ2n) is 3.58. The largest absolute Gasteiger partial charge is 0.478 e. The Morgan fingerprint density at radius 1 is 1.60 bits per heavy atom. The summed E-state index contributed by atoms with van der Waals surface area (Å²) in [7, 11) is 0. The van der Waals surface area contributed by atoms with Crippen molar-refractivity contribution in [3.8, 4) is 0 Å². The molecule has 2 heteroatoms. The summed E-state index contributed by atoms with van der Waals surface area (Å²) < 4.78 is 5.37. The topological polar surface area (TPSA) is 21.6 Å². The molecule has 0 bridgehead atoms. The first-order chi connectivity index (χ1) is 4.49. The minimum atomic E-state index is 0.0851. The van der Waals surface area contributed by atoms with Crippen LogP contribution in [0.3, 0.4) is 0 Å². The van der Waals surface area contributed by atoms with Gasteiger partial charge in [-0.1, -0.05) is 0 Å². The molecule has 0 aliphatic carbocycles. The minimum Gasteiger partial charge on any atom is -0.478 e. The smallest absolute Gasteiger partial charge is 0.180 e. The molecule has 1 atom stereocenters. The number of hydrogen-bond acceptors (Lipinski definition) is 2. The van der Waals surface area contributed by atoms with Crippen molar-refractivity contribution in [1.29, 1.82) is 0 Å². The fourth-order valence-electron chi connectivity index (χ4n) is 1.53. The van der Waals surface area contributed by atoms with E-state index in [2.05, 4.69) is 25.8 Å². The van der Waals surface area contributed by atoms with Gasteiger partial charge in [0, 0.05) is 13.3 Å². The molecule has 2 nitrogen and oxygen atoms in total. The predicted octanol–water partition coefficient (Wildman–Crippen LogP) is 1.99. The van der Waals surface area contributed by atoms with E-state index in [1.54, 1.807) is 0 Å². The molecule has 1 aliphatic rings. The molecular weight excluding hydrogens is 126 g/mol. The van der Waals surface area contributed by atoms with Crippen LogP contribution in [0.25, 0.3) is 0 Å². The van der Waals surface area contributed by atoms with Crippen molar-refractivity contribution >= 4 is 5.90 Å². The van der Waals surface area contributed by atoms with Gasteiger partial charge in [-0.15, -0.1) is 0 Å². The SMILES string of the molecule is CC1=NC(C)(C)CC(C)O1. The molecule has 10 heavy (non-hydrogen) atoms. The van der Waals surface area contributed by atoms with Gasteiger partial charge in [0.15, 0.2) is 5.90 Å². The van der Waals surface area contributed by atoms with Gasteiger partial charge < -0.3 is 4.74 Å². The van der Waals surface area contributed by atoms with Crippen LogP contribution in [0.1, 0.15) is 34.1 Å². The zero-order chi connectivity index (χ0) is 7.78. The van der Waals surface area contributed by atoms with Gasteiger partial charge in [0.1, 0.15) is 0 Å². The van der Waals surface area contributed by atoms with Crippen molar-refractivity contribution in [2.75, 3.05) is 0 Å². The van der Waals surface area contributed by atoms with Crippen LogP contribution in [-0.4, -0.2) is 17.5 Å². The molecule has 58 valence electrons. The molecule has 0 aromatic heterocycles. The van der Waals surface area contributed by atoms with Crippen LogP contribution in [0.15, 0.2) is 4.99 Å². The first-order valence-electron chi connectivity index (χ1n) is 3.73. The summed E-state index contributed by atoms with van der Waals surface area (Å²) in [6.07, 6.45) is 1.34. The number of nitrogens with zero attached hydrogens (tertiary/aromatic N) is 1. The maximum atomic E-state index is 5.37. The number of ether oxygens (including phenoxy) is 1. The lowest BCUT2D eigenvalue weighted by Gasteiger charge is -2.30. The van der Waals surface area contributed by atoms with Gasteiger partial charge in [-0.2, -0.15) is 0 Å². The Bertz CT molecular complexity index is 161. The molecule has 0 saturated heterocycles. The highest BCUT2D eigenvalue weighted by Crippen LogP contribution is 2.23. The Kier molecular flexibility index (Phi) is 1.71. The molecule has 1 rings (SSSR count). The van der Waals surface area contributed by atoms with E-state index in [-0.39, 0.29) is 5.54 Å². The first kappa shape index (κ1) is 7.58. The van der Waals surface area contributed by atoms with E-state index in [0.717, 1.165) is 12.3 Å². The number of hydrogen-bond donors (Lipinski definition) is 0. The van der Waals surface area contributed by atoms with Gasteiger partial charge in [0.2, 0.25) is 0 Å². The Balaban J connectivity index is 2.74. The molecule has 0 fully saturated rings. The molecule has 1 unspecified atom stereocenters. The van der Waals surface area contributed by atoms with Crippen molar-refractivity contribution in [3.05, 3.63) is 0 Å². The summed E-state index contributed by atoms with van der Waals surface area (Å²) in [6, 6.07) is 0. The molecule has 0 N–H and O–H groups in total. The monoisotopic (exact) mass is 141 g/mol. The van der Waals surface area contributed by atoms with Crippen molar-refractivity contribution < 1.29 is 4.74 Å². The van der Waals surface area contributed by atoms with Gasteiger partial charge in [0.25, 0.3) is 0 Å². The average molecular weight is 141 g/mol. The van der Waals surface area contributed by atoms with Crippen LogP contribution < -0.4 is 0 Å². The summed E-state index contributed by atoms with van der Waals surface area (Å²) in [5, 5.41) is 0. The first-order valence-corrected chi connectivity index (χ1v) is 3.73.